The number of aromatic carboxylic acids is 1. The number of ether oxygens (including phenoxy) is 1. The van der Waals surface area contributed by atoms with E-state index in [1.165, 1.54) is 0 Å². The number of halogens is 1. The van der Waals surface area contributed by atoms with Gasteiger partial charge in [-0.3, -0.25) is 10.1 Å². The van der Waals surface area contributed by atoms with Gasteiger partial charge in [-0.1, -0.05) is 11.6 Å². The van der Waals surface area contributed by atoms with Crippen molar-refractivity contribution in [3.63, 3.8) is 0 Å². The van der Waals surface area contributed by atoms with Crippen LogP contribution in [0.1, 0.15) is 29.6 Å². The topological polar surface area (TPSA) is 102 Å². The number of anilines is 1. The highest BCUT2D eigenvalue weighted by Gasteiger charge is 2.27. The van der Waals surface area contributed by atoms with Crippen molar-refractivity contribution in [2.45, 2.75) is 31.4 Å². The van der Waals surface area contributed by atoms with Gasteiger partial charge in [0, 0.05) is 25.3 Å². The largest absolute Gasteiger partial charge is 0.478 e. The number of hydrogen-bond donors (Lipinski definition) is 2. The van der Waals surface area contributed by atoms with Crippen LogP contribution in [0.3, 0.4) is 0 Å². The summed E-state index contributed by atoms with van der Waals surface area (Å²) >= 11 is 6.01. The zero-order valence-corrected chi connectivity index (χ0v) is 12.1. The Morgan fingerprint density at radius 1 is 1.52 bits per heavy atom. The quantitative estimate of drug-likeness (QED) is 0.640. The molecule has 21 heavy (non-hydrogen) atoms. The molecule has 2 atom stereocenters. The Balaban J connectivity index is 2.30. The van der Waals surface area contributed by atoms with Crippen molar-refractivity contribution in [1.82, 2.24) is 0 Å². The van der Waals surface area contributed by atoms with E-state index < -0.39 is 10.9 Å². The maximum atomic E-state index is 11.3. The summed E-state index contributed by atoms with van der Waals surface area (Å²) in [5.41, 5.74) is -0.323. The number of nitro groups is 1. The van der Waals surface area contributed by atoms with Crippen molar-refractivity contribution >= 4 is 28.9 Å². The predicted octanol–water partition coefficient (Wildman–Crippen LogP) is 2.93. The second-order valence-corrected chi connectivity index (χ2v) is 5.33. The van der Waals surface area contributed by atoms with Gasteiger partial charge < -0.3 is 15.2 Å². The van der Waals surface area contributed by atoms with Gasteiger partial charge in [-0.25, -0.2) is 4.79 Å². The number of carbonyl (C=O) groups is 1. The molecule has 1 aromatic rings. The number of nitrogens with zero attached hydrogens (tertiary/aromatic N) is 1. The molecule has 0 aromatic heterocycles. The Kier molecular flexibility index (Phi) is 4.64. The number of carboxylic acid groups (broad SMARTS) is 1. The first-order valence-corrected chi connectivity index (χ1v) is 6.80. The molecule has 1 aromatic carbocycles. The van der Waals surface area contributed by atoms with Crippen molar-refractivity contribution in [3.8, 4) is 0 Å². The number of benzene rings is 1. The Morgan fingerprint density at radius 2 is 2.24 bits per heavy atom. The first-order chi connectivity index (χ1) is 9.92. The highest BCUT2D eigenvalue weighted by molar-refractivity contribution is 6.34. The number of rotatable bonds is 5. The minimum absolute atomic E-state index is 0.0301. The molecule has 1 fully saturated rings. The smallest absolute Gasteiger partial charge is 0.338 e. The molecule has 0 saturated heterocycles. The molecule has 0 aliphatic heterocycles. The van der Waals surface area contributed by atoms with E-state index in [9.17, 15) is 20.0 Å². The average Bonchev–Trinajstić information content (AvgIpc) is 2.88. The number of methoxy groups -OCH3 is 1. The van der Waals surface area contributed by atoms with Gasteiger partial charge in [-0.15, -0.1) is 0 Å². The van der Waals surface area contributed by atoms with Gasteiger partial charge in [0.15, 0.2) is 0 Å². The number of non-ortho nitro benzene ring substituents is 1. The van der Waals surface area contributed by atoms with Crippen LogP contribution in [0.5, 0.6) is 0 Å². The second kappa shape index (κ2) is 6.28. The van der Waals surface area contributed by atoms with Crippen molar-refractivity contribution in [1.29, 1.82) is 0 Å². The van der Waals surface area contributed by atoms with Gasteiger partial charge in [0.05, 0.1) is 27.3 Å². The molecule has 1 aliphatic carbocycles. The second-order valence-electron chi connectivity index (χ2n) is 4.92. The molecule has 1 saturated carbocycles. The van der Waals surface area contributed by atoms with E-state index in [-0.39, 0.29) is 34.1 Å². The molecule has 2 unspecified atom stereocenters. The number of carboxylic acids is 1. The molecule has 2 rings (SSSR count). The average molecular weight is 315 g/mol. The monoisotopic (exact) mass is 314 g/mol. The Bertz CT molecular complexity index is 578. The summed E-state index contributed by atoms with van der Waals surface area (Å²) < 4.78 is 5.26. The fourth-order valence-electron chi connectivity index (χ4n) is 2.50. The zero-order chi connectivity index (χ0) is 15.6. The third-order valence-electron chi connectivity index (χ3n) is 3.58. The normalized spacial score (nSPS) is 21.2. The summed E-state index contributed by atoms with van der Waals surface area (Å²) in [4.78, 5) is 21.4. The van der Waals surface area contributed by atoms with E-state index >= 15 is 0 Å². The summed E-state index contributed by atoms with van der Waals surface area (Å²) in [5.74, 6) is -1.26. The van der Waals surface area contributed by atoms with Crippen LogP contribution in [0, 0.1) is 10.1 Å². The summed E-state index contributed by atoms with van der Waals surface area (Å²) in [6.45, 7) is 0. The van der Waals surface area contributed by atoms with Crippen LogP contribution in [0.15, 0.2) is 12.1 Å². The fourth-order valence-corrected chi connectivity index (χ4v) is 2.77. The molecule has 2 N–H and O–H groups in total. The van der Waals surface area contributed by atoms with Gasteiger partial charge in [-0.2, -0.15) is 0 Å². The maximum absolute atomic E-state index is 11.3. The first kappa shape index (κ1) is 15.5. The number of nitrogens with one attached hydrogen (secondary N) is 1. The SMILES string of the molecule is COC1CCC(Nc2c(Cl)cc([N+](=O)[O-])cc2C(=O)O)C1. The van der Waals surface area contributed by atoms with Crippen molar-refractivity contribution in [2.24, 2.45) is 0 Å². The molecule has 0 amide bonds. The van der Waals surface area contributed by atoms with Crippen LogP contribution >= 0.6 is 11.6 Å². The van der Waals surface area contributed by atoms with Gasteiger partial charge in [-0.05, 0) is 19.3 Å². The Hall–Kier alpha value is -1.86. The Morgan fingerprint density at radius 3 is 2.76 bits per heavy atom. The standard InChI is InChI=1S/C13H15ClN2O5/c1-21-9-3-2-7(4-9)15-12-10(13(17)18)5-8(16(19)20)6-11(12)14/h5-7,9,15H,2-4H2,1H3,(H,17,18). The maximum Gasteiger partial charge on any atom is 0.338 e. The molecule has 114 valence electrons. The lowest BCUT2D eigenvalue weighted by molar-refractivity contribution is -0.384. The summed E-state index contributed by atoms with van der Waals surface area (Å²) in [6.07, 6.45) is 2.57. The van der Waals surface area contributed by atoms with E-state index in [0.717, 1.165) is 31.4 Å². The lowest BCUT2D eigenvalue weighted by Gasteiger charge is -2.17. The van der Waals surface area contributed by atoms with E-state index in [1.807, 2.05) is 0 Å². The fraction of sp³-hybridized carbons (Fsp3) is 0.462. The molecule has 7 nitrogen and oxygen atoms in total. The third kappa shape index (κ3) is 3.43. The van der Waals surface area contributed by atoms with Gasteiger partial charge >= 0.3 is 5.97 Å². The molecular weight excluding hydrogens is 300 g/mol. The van der Waals surface area contributed by atoms with E-state index in [4.69, 9.17) is 16.3 Å². The molecule has 0 heterocycles. The first-order valence-electron chi connectivity index (χ1n) is 6.43. The van der Waals surface area contributed by atoms with Crippen molar-refractivity contribution < 1.29 is 19.6 Å². The van der Waals surface area contributed by atoms with Gasteiger partial charge in [0.2, 0.25) is 0 Å². The lowest BCUT2D eigenvalue weighted by Crippen LogP contribution is -2.19. The lowest BCUT2D eigenvalue weighted by atomic mass is 10.1. The molecule has 8 heteroatoms. The minimum Gasteiger partial charge on any atom is -0.478 e. The van der Waals surface area contributed by atoms with Crippen LogP contribution in [0.4, 0.5) is 11.4 Å². The summed E-state index contributed by atoms with van der Waals surface area (Å²) in [5, 5.41) is 23.1. The summed E-state index contributed by atoms with van der Waals surface area (Å²) in [6, 6.07) is 2.20. The van der Waals surface area contributed by atoms with E-state index in [1.54, 1.807) is 7.11 Å². The van der Waals surface area contributed by atoms with E-state index in [0.29, 0.717) is 0 Å². The molecule has 0 spiro atoms. The summed E-state index contributed by atoms with van der Waals surface area (Å²) in [7, 11) is 1.63. The number of hydrogen-bond acceptors (Lipinski definition) is 5. The van der Waals surface area contributed by atoms with Gasteiger partial charge in [0.1, 0.15) is 0 Å². The minimum atomic E-state index is -1.26. The highest BCUT2D eigenvalue weighted by atomic mass is 35.5. The number of nitro benzene ring substituents is 1. The van der Waals surface area contributed by atoms with Crippen LogP contribution in [0.2, 0.25) is 5.02 Å². The Labute approximate surface area is 126 Å². The molecule has 0 radical (unpaired) electrons. The predicted molar refractivity (Wildman–Crippen MR) is 77.1 cm³/mol. The van der Waals surface area contributed by atoms with Crippen molar-refractivity contribution in [2.75, 3.05) is 12.4 Å². The highest BCUT2D eigenvalue weighted by Crippen LogP contribution is 2.34. The van der Waals surface area contributed by atoms with Crippen LogP contribution in [-0.2, 0) is 4.74 Å². The van der Waals surface area contributed by atoms with Crippen LogP contribution in [-0.4, -0.2) is 35.3 Å². The van der Waals surface area contributed by atoms with E-state index in [2.05, 4.69) is 5.32 Å². The molecule has 1 aliphatic rings. The van der Waals surface area contributed by atoms with Crippen LogP contribution < -0.4 is 5.32 Å². The zero-order valence-electron chi connectivity index (χ0n) is 11.3. The van der Waals surface area contributed by atoms with Gasteiger partial charge in [0.25, 0.3) is 5.69 Å². The molecule has 0 bridgehead atoms. The van der Waals surface area contributed by atoms with Crippen LogP contribution in [0.25, 0.3) is 0 Å². The molecular formula is C13H15ClN2O5. The van der Waals surface area contributed by atoms with Crippen molar-refractivity contribution in [3.05, 3.63) is 32.8 Å². The third-order valence-corrected chi connectivity index (χ3v) is 3.88.